The summed E-state index contributed by atoms with van der Waals surface area (Å²) in [5, 5.41) is 13.1. The zero-order valence-electron chi connectivity index (χ0n) is 16.9. The number of hydrogen-bond acceptors (Lipinski definition) is 5. The summed E-state index contributed by atoms with van der Waals surface area (Å²) in [6.07, 6.45) is 3.37. The number of ether oxygens (including phenoxy) is 1. The van der Waals surface area contributed by atoms with E-state index < -0.39 is 35.0 Å². The van der Waals surface area contributed by atoms with Gasteiger partial charge in [0.2, 0.25) is 5.43 Å². The Balaban J connectivity index is 1.43. The SMILES string of the molecule is Cc1cc(F)cc(CNC(=O)c2cn3c(c(O)c2=O)C(=O)N2[C@@H]4CC[C@@H](C4)O[C@H]2C3)c1. The third-order valence-corrected chi connectivity index (χ3v) is 6.26. The van der Waals surface area contributed by atoms with Crippen molar-refractivity contribution in [1.29, 1.82) is 0 Å². The number of nitrogens with one attached hydrogen (secondary N) is 1. The lowest BCUT2D eigenvalue weighted by Gasteiger charge is -2.44. The first-order valence-electron chi connectivity index (χ1n) is 10.3. The number of benzene rings is 1. The number of hydrogen-bond donors (Lipinski definition) is 2. The fraction of sp³-hybridized carbons (Fsp3) is 0.409. The molecule has 5 rings (SSSR count). The molecule has 2 aliphatic heterocycles. The average Bonchev–Trinajstić information content (AvgIpc) is 3.08. The molecule has 0 spiro atoms. The van der Waals surface area contributed by atoms with Crippen molar-refractivity contribution >= 4 is 11.8 Å². The second-order valence-corrected chi connectivity index (χ2v) is 8.43. The number of pyridine rings is 1. The Morgan fingerprint density at radius 1 is 1.29 bits per heavy atom. The van der Waals surface area contributed by atoms with Gasteiger partial charge in [-0.3, -0.25) is 14.4 Å². The standard InChI is InChI=1S/C22H22FN3O5/c1-11-4-12(6-13(23)5-11)8-24-21(29)16-9-25-10-17-26(14-2-3-15(7-14)31-17)22(30)18(25)20(28)19(16)27/h4-6,9,14-15,17,28H,2-3,7-8,10H2,1H3,(H,24,29)/t14-,15+,17+/m1/s1. The minimum Gasteiger partial charge on any atom is -0.503 e. The molecule has 1 saturated heterocycles. The van der Waals surface area contributed by atoms with Crippen molar-refractivity contribution in [3.8, 4) is 5.75 Å². The van der Waals surface area contributed by atoms with Crippen molar-refractivity contribution in [2.75, 3.05) is 0 Å². The van der Waals surface area contributed by atoms with Gasteiger partial charge in [0.15, 0.2) is 17.7 Å². The predicted octanol–water partition coefficient (Wildman–Crippen LogP) is 1.66. The Kier molecular flexibility index (Phi) is 4.58. The number of aryl methyl sites for hydroxylation is 1. The fourth-order valence-corrected chi connectivity index (χ4v) is 4.91. The molecule has 2 amide bonds. The van der Waals surface area contributed by atoms with Gasteiger partial charge >= 0.3 is 0 Å². The molecule has 3 heterocycles. The zero-order chi connectivity index (χ0) is 21.9. The zero-order valence-corrected chi connectivity index (χ0v) is 16.9. The van der Waals surface area contributed by atoms with Crippen LogP contribution in [0.2, 0.25) is 0 Å². The van der Waals surface area contributed by atoms with Gasteiger partial charge in [0, 0.05) is 18.8 Å². The molecule has 2 fully saturated rings. The molecule has 1 aromatic carbocycles. The first-order chi connectivity index (χ1) is 14.8. The van der Waals surface area contributed by atoms with Crippen LogP contribution in [0.25, 0.3) is 0 Å². The molecule has 9 heteroatoms. The quantitative estimate of drug-likeness (QED) is 0.776. The maximum Gasteiger partial charge on any atom is 0.276 e. The van der Waals surface area contributed by atoms with Crippen LogP contribution in [-0.2, 0) is 17.8 Å². The Morgan fingerprint density at radius 3 is 2.87 bits per heavy atom. The van der Waals surface area contributed by atoms with E-state index in [0.29, 0.717) is 11.1 Å². The number of carbonyl (C=O) groups excluding carboxylic acids is 2. The molecule has 0 unspecified atom stereocenters. The van der Waals surface area contributed by atoms with E-state index in [4.69, 9.17) is 4.74 Å². The van der Waals surface area contributed by atoms with Gasteiger partial charge in [-0.1, -0.05) is 6.07 Å². The Hall–Kier alpha value is -3.20. The largest absolute Gasteiger partial charge is 0.503 e. The molecule has 2 bridgehead atoms. The van der Waals surface area contributed by atoms with E-state index in [1.54, 1.807) is 17.9 Å². The molecule has 8 nitrogen and oxygen atoms in total. The maximum absolute atomic E-state index is 13.6. The second kappa shape index (κ2) is 7.19. The van der Waals surface area contributed by atoms with Gasteiger partial charge in [0.1, 0.15) is 11.4 Å². The molecule has 2 N–H and O–H groups in total. The molecule has 3 aliphatic rings. The first-order valence-corrected chi connectivity index (χ1v) is 10.3. The van der Waals surface area contributed by atoms with Crippen LogP contribution in [-0.4, -0.2) is 44.8 Å². The highest BCUT2D eigenvalue weighted by molar-refractivity contribution is 5.99. The van der Waals surface area contributed by atoms with Gasteiger partial charge < -0.3 is 24.6 Å². The molecular formula is C22H22FN3O5. The summed E-state index contributed by atoms with van der Waals surface area (Å²) >= 11 is 0. The minimum absolute atomic E-state index is 0.0151. The lowest BCUT2D eigenvalue weighted by molar-refractivity contribution is -0.132. The third kappa shape index (κ3) is 3.29. The predicted molar refractivity (Wildman–Crippen MR) is 107 cm³/mol. The molecule has 0 radical (unpaired) electrons. The number of carbonyl (C=O) groups is 2. The fourth-order valence-electron chi connectivity index (χ4n) is 4.91. The Labute approximate surface area is 177 Å². The van der Waals surface area contributed by atoms with Crippen LogP contribution in [0.3, 0.4) is 0 Å². The number of halogens is 1. The van der Waals surface area contributed by atoms with Crippen molar-refractivity contribution in [1.82, 2.24) is 14.8 Å². The van der Waals surface area contributed by atoms with Crippen LogP contribution in [0, 0.1) is 12.7 Å². The van der Waals surface area contributed by atoms with Crippen LogP contribution < -0.4 is 10.7 Å². The van der Waals surface area contributed by atoms with E-state index in [9.17, 15) is 23.9 Å². The van der Waals surface area contributed by atoms with Gasteiger partial charge in [-0.15, -0.1) is 0 Å². The highest BCUT2D eigenvalue weighted by Gasteiger charge is 2.47. The van der Waals surface area contributed by atoms with Crippen LogP contribution >= 0.6 is 0 Å². The lowest BCUT2D eigenvalue weighted by atomic mass is 10.1. The van der Waals surface area contributed by atoms with Crippen LogP contribution in [0.5, 0.6) is 5.75 Å². The van der Waals surface area contributed by atoms with Gasteiger partial charge in [0.25, 0.3) is 11.8 Å². The van der Waals surface area contributed by atoms with Crippen LogP contribution in [0.15, 0.2) is 29.2 Å². The van der Waals surface area contributed by atoms with Crippen molar-refractivity contribution in [2.45, 2.75) is 57.6 Å². The number of nitrogens with zero attached hydrogens (tertiary/aromatic N) is 2. The second-order valence-electron chi connectivity index (χ2n) is 8.43. The van der Waals surface area contributed by atoms with E-state index >= 15 is 0 Å². The van der Waals surface area contributed by atoms with E-state index in [1.165, 1.54) is 22.9 Å². The smallest absolute Gasteiger partial charge is 0.276 e. The molecule has 3 atom stereocenters. The van der Waals surface area contributed by atoms with Crippen molar-refractivity contribution in [3.05, 3.63) is 62.8 Å². The van der Waals surface area contributed by atoms with Gasteiger partial charge in [-0.05, 0) is 49.4 Å². The lowest BCUT2D eigenvalue weighted by Crippen LogP contribution is -2.57. The number of fused-ring (bicyclic) bond motifs is 5. The summed E-state index contributed by atoms with van der Waals surface area (Å²) in [5.41, 5.74) is -0.0552. The van der Waals surface area contributed by atoms with E-state index in [1.807, 2.05) is 0 Å². The number of aromatic nitrogens is 1. The first kappa shape index (κ1) is 19.7. The van der Waals surface area contributed by atoms with E-state index in [-0.39, 0.29) is 36.5 Å². The molecule has 162 valence electrons. The molecule has 1 aromatic heterocycles. The van der Waals surface area contributed by atoms with Gasteiger partial charge in [0.05, 0.1) is 12.6 Å². The van der Waals surface area contributed by atoms with Crippen molar-refractivity contribution in [3.63, 3.8) is 0 Å². The monoisotopic (exact) mass is 427 g/mol. The highest BCUT2D eigenvalue weighted by Crippen LogP contribution is 2.38. The topological polar surface area (TPSA) is 101 Å². The number of amides is 2. The highest BCUT2D eigenvalue weighted by atomic mass is 19.1. The summed E-state index contributed by atoms with van der Waals surface area (Å²) in [6, 6.07) is 4.44. The molecule has 1 aliphatic carbocycles. The van der Waals surface area contributed by atoms with Crippen molar-refractivity contribution in [2.24, 2.45) is 0 Å². The van der Waals surface area contributed by atoms with E-state index in [2.05, 4.69) is 5.32 Å². The summed E-state index contributed by atoms with van der Waals surface area (Å²) in [7, 11) is 0. The number of rotatable bonds is 3. The number of aromatic hydroxyl groups is 1. The molecule has 1 saturated carbocycles. The van der Waals surface area contributed by atoms with Crippen LogP contribution in [0.1, 0.15) is 51.2 Å². The van der Waals surface area contributed by atoms with Gasteiger partial charge in [-0.2, -0.15) is 0 Å². The Bertz CT molecular complexity index is 1140. The normalized spacial score (nSPS) is 24.0. The summed E-state index contributed by atoms with van der Waals surface area (Å²) in [4.78, 5) is 40.0. The van der Waals surface area contributed by atoms with E-state index in [0.717, 1.165) is 19.3 Å². The minimum atomic E-state index is -0.909. The Morgan fingerprint density at radius 2 is 2.10 bits per heavy atom. The average molecular weight is 427 g/mol. The van der Waals surface area contributed by atoms with Gasteiger partial charge in [-0.25, -0.2) is 4.39 Å². The third-order valence-electron chi connectivity index (χ3n) is 6.26. The molecule has 31 heavy (non-hydrogen) atoms. The summed E-state index contributed by atoms with van der Waals surface area (Å²) in [5.74, 6) is -2.33. The summed E-state index contributed by atoms with van der Waals surface area (Å²) < 4.78 is 21.0. The van der Waals surface area contributed by atoms with Crippen molar-refractivity contribution < 1.29 is 23.8 Å². The maximum atomic E-state index is 13.6. The summed E-state index contributed by atoms with van der Waals surface area (Å²) in [6.45, 7) is 1.98. The molecule has 2 aromatic rings. The molecular weight excluding hydrogens is 405 g/mol. The van der Waals surface area contributed by atoms with Crippen LogP contribution in [0.4, 0.5) is 4.39 Å².